The molecule has 3 heteroatoms. The maximum Gasteiger partial charge on any atom is 0.0885 e. The number of hydrogen-bond donors (Lipinski definition) is 0. The van der Waals surface area contributed by atoms with Crippen LogP contribution >= 0.6 is 0 Å². The minimum absolute atomic E-state index is 0.0300. The third-order valence-electron chi connectivity index (χ3n) is 1.91. The molecule has 0 bridgehead atoms. The van der Waals surface area contributed by atoms with E-state index < -0.39 is 0 Å². The second-order valence-electron chi connectivity index (χ2n) is 3.27. The van der Waals surface area contributed by atoms with Crippen LogP contribution in [0.2, 0.25) is 0 Å². The molecule has 0 aromatic rings. The molecule has 0 radical (unpaired) electrons. The summed E-state index contributed by atoms with van der Waals surface area (Å²) in [5.41, 5.74) is -0.148. The van der Waals surface area contributed by atoms with E-state index in [1.165, 1.54) is 7.11 Å². The van der Waals surface area contributed by atoms with Gasteiger partial charge >= 0.3 is 0 Å². The molecule has 0 fully saturated rings. The Hall–Kier alpha value is -0.590. The quantitative estimate of drug-likeness (QED) is 0.461. The summed E-state index contributed by atoms with van der Waals surface area (Å²) in [7, 11) is 1.47. The fourth-order valence-corrected chi connectivity index (χ4v) is 0.511. The van der Waals surface area contributed by atoms with Crippen LogP contribution in [0.3, 0.4) is 0 Å². The maximum atomic E-state index is 8.62. The van der Waals surface area contributed by atoms with Crippen LogP contribution in [0, 0.1) is 22.7 Å². The lowest BCUT2D eigenvalue weighted by molar-refractivity contribution is -0.289. The van der Waals surface area contributed by atoms with E-state index in [2.05, 4.69) is 11.0 Å². The highest BCUT2D eigenvalue weighted by Gasteiger charge is 2.26. The van der Waals surface area contributed by atoms with Crippen molar-refractivity contribution >= 4 is 0 Å². The fourth-order valence-electron chi connectivity index (χ4n) is 0.511. The van der Waals surface area contributed by atoms with Crippen LogP contribution in [0.1, 0.15) is 20.8 Å². The summed E-state index contributed by atoms with van der Waals surface area (Å²) in [5, 5.41) is 8.62. The summed E-state index contributed by atoms with van der Waals surface area (Å²) >= 11 is 0. The van der Waals surface area contributed by atoms with Crippen molar-refractivity contribution in [1.82, 2.24) is 0 Å². The second-order valence-corrected chi connectivity index (χ2v) is 3.27. The average Bonchev–Trinajstić information content (AvgIpc) is 1.99. The van der Waals surface area contributed by atoms with E-state index in [1.807, 2.05) is 20.8 Å². The molecule has 0 aliphatic heterocycles. The normalized spacial score (nSPS) is 14.1. The molecular formula is C8H15NO2. The highest BCUT2D eigenvalue weighted by atomic mass is 17.2. The first-order chi connectivity index (χ1) is 5.04. The van der Waals surface area contributed by atoms with E-state index in [0.717, 1.165) is 0 Å². The van der Waals surface area contributed by atoms with E-state index in [9.17, 15) is 0 Å². The van der Waals surface area contributed by atoms with Gasteiger partial charge in [-0.3, -0.25) is 0 Å². The maximum absolute atomic E-state index is 8.62. The van der Waals surface area contributed by atoms with Crippen molar-refractivity contribution in [2.24, 2.45) is 11.3 Å². The topological polar surface area (TPSA) is 42.2 Å². The van der Waals surface area contributed by atoms with Crippen molar-refractivity contribution in [1.29, 1.82) is 5.26 Å². The molecule has 0 saturated heterocycles. The Bertz CT molecular complexity index is 149. The minimum atomic E-state index is -0.148. The number of nitriles is 1. The van der Waals surface area contributed by atoms with Crippen molar-refractivity contribution in [2.45, 2.75) is 20.8 Å². The second kappa shape index (κ2) is 4.32. The molecule has 0 N–H and O–H groups in total. The van der Waals surface area contributed by atoms with Gasteiger partial charge in [-0.25, -0.2) is 9.78 Å². The molecule has 0 saturated carbocycles. The van der Waals surface area contributed by atoms with Crippen LogP contribution in [-0.4, -0.2) is 13.7 Å². The van der Waals surface area contributed by atoms with E-state index in [4.69, 9.17) is 10.1 Å². The Labute approximate surface area is 67.8 Å². The minimum Gasteiger partial charge on any atom is -0.240 e. The zero-order valence-electron chi connectivity index (χ0n) is 7.55. The van der Waals surface area contributed by atoms with Gasteiger partial charge in [0.1, 0.15) is 0 Å². The van der Waals surface area contributed by atoms with Crippen LogP contribution in [-0.2, 0) is 9.78 Å². The van der Waals surface area contributed by atoms with Crippen LogP contribution in [0.15, 0.2) is 0 Å². The molecule has 11 heavy (non-hydrogen) atoms. The number of nitrogens with zero attached hydrogens (tertiary/aromatic N) is 1. The lowest BCUT2D eigenvalue weighted by Gasteiger charge is -2.25. The summed E-state index contributed by atoms with van der Waals surface area (Å²) in [5.74, 6) is -0.0300. The number of rotatable bonds is 4. The largest absolute Gasteiger partial charge is 0.240 e. The molecular weight excluding hydrogens is 142 g/mol. The Morgan fingerprint density at radius 1 is 1.55 bits per heavy atom. The van der Waals surface area contributed by atoms with Gasteiger partial charge in [0.2, 0.25) is 0 Å². The molecule has 0 aliphatic rings. The van der Waals surface area contributed by atoms with Crippen LogP contribution in [0.4, 0.5) is 0 Å². The SMILES string of the molecule is COOCC(C)(C)C(C)C#N. The van der Waals surface area contributed by atoms with E-state index in [-0.39, 0.29) is 11.3 Å². The van der Waals surface area contributed by atoms with Gasteiger partial charge in [-0.05, 0) is 6.92 Å². The summed E-state index contributed by atoms with van der Waals surface area (Å²) in [6.07, 6.45) is 0. The van der Waals surface area contributed by atoms with Crippen LogP contribution < -0.4 is 0 Å². The van der Waals surface area contributed by atoms with E-state index >= 15 is 0 Å². The van der Waals surface area contributed by atoms with Gasteiger partial charge in [0, 0.05) is 5.41 Å². The van der Waals surface area contributed by atoms with Gasteiger partial charge in [-0.1, -0.05) is 13.8 Å². The molecule has 0 aliphatic carbocycles. The molecule has 3 nitrogen and oxygen atoms in total. The monoisotopic (exact) mass is 157 g/mol. The average molecular weight is 157 g/mol. The Morgan fingerprint density at radius 3 is 2.45 bits per heavy atom. The molecule has 0 rings (SSSR count). The first-order valence-corrected chi connectivity index (χ1v) is 3.60. The zero-order valence-corrected chi connectivity index (χ0v) is 7.55. The Morgan fingerprint density at radius 2 is 2.09 bits per heavy atom. The van der Waals surface area contributed by atoms with Crippen molar-refractivity contribution in [3.8, 4) is 6.07 Å². The predicted molar refractivity (Wildman–Crippen MR) is 41.5 cm³/mol. The molecule has 64 valence electrons. The molecule has 0 amide bonds. The first-order valence-electron chi connectivity index (χ1n) is 3.60. The third-order valence-corrected chi connectivity index (χ3v) is 1.91. The standard InChI is InChI=1S/C8H15NO2/c1-7(5-9)8(2,3)6-11-10-4/h7H,6H2,1-4H3. The van der Waals surface area contributed by atoms with Crippen molar-refractivity contribution in [3.63, 3.8) is 0 Å². The van der Waals surface area contributed by atoms with E-state index in [0.29, 0.717) is 6.61 Å². The fraction of sp³-hybridized carbons (Fsp3) is 0.875. The summed E-state index contributed by atoms with van der Waals surface area (Å²) < 4.78 is 0. The van der Waals surface area contributed by atoms with Crippen molar-refractivity contribution < 1.29 is 9.78 Å². The molecule has 0 heterocycles. The lowest BCUT2D eigenvalue weighted by atomic mass is 9.82. The van der Waals surface area contributed by atoms with Gasteiger partial charge in [-0.2, -0.15) is 5.26 Å². The number of hydrogen-bond acceptors (Lipinski definition) is 3. The molecule has 0 aromatic heterocycles. The lowest BCUT2D eigenvalue weighted by Crippen LogP contribution is -2.26. The molecule has 0 spiro atoms. The highest BCUT2D eigenvalue weighted by molar-refractivity contribution is 4.89. The first kappa shape index (κ1) is 10.4. The van der Waals surface area contributed by atoms with E-state index in [1.54, 1.807) is 0 Å². The van der Waals surface area contributed by atoms with Gasteiger partial charge in [0.05, 0.1) is 25.7 Å². The van der Waals surface area contributed by atoms with Gasteiger partial charge in [-0.15, -0.1) is 0 Å². The predicted octanol–water partition coefficient (Wildman–Crippen LogP) is 1.75. The zero-order chi connectivity index (χ0) is 8.91. The molecule has 1 unspecified atom stereocenters. The summed E-state index contributed by atoms with van der Waals surface area (Å²) in [6.45, 7) is 6.26. The van der Waals surface area contributed by atoms with Crippen molar-refractivity contribution in [2.75, 3.05) is 13.7 Å². The molecule has 1 atom stereocenters. The van der Waals surface area contributed by atoms with Gasteiger partial charge < -0.3 is 0 Å². The highest BCUT2D eigenvalue weighted by Crippen LogP contribution is 2.25. The molecule has 0 aromatic carbocycles. The Kier molecular flexibility index (Phi) is 4.09. The summed E-state index contributed by atoms with van der Waals surface area (Å²) in [4.78, 5) is 9.23. The third kappa shape index (κ3) is 3.35. The Balaban J connectivity index is 3.90. The van der Waals surface area contributed by atoms with Gasteiger partial charge in [0.25, 0.3) is 0 Å². The summed E-state index contributed by atoms with van der Waals surface area (Å²) in [6, 6.07) is 2.18. The van der Waals surface area contributed by atoms with Crippen LogP contribution in [0.5, 0.6) is 0 Å². The smallest absolute Gasteiger partial charge is 0.0885 e. The van der Waals surface area contributed by atoms with Crippen molar-refractivity contribution in [3.05, 3.63) is 0 Å². The van der Waals surface area contributed by atoms with Gasteiger partial charge in [0.15, 0.2) is 0 Å². The van der Waals surface area contributed by atoms with Crippen LogP contribution in [0.25, 0.3) is 0 Å².